The summed E-state index contributed by atoms with van der Waals surface area (Å²) in [5.41, 5.74) is 1.44. The second-order valence-electron chi connectivity index (χ2n) is 7.35. The molecule has 2 N–H and O–H groups in total. The number of rotatable bonds is 4. The van der Waals surface area contributed by atoms with Gasteiger partial charge < -0.3 is 19.9 Å². The predicted molar refractivity (Wildman–Crippen MR) is 104 cm³/mol. The number of carbonyl (C=O) groups excluding carboxylic acids is 1. The van der Waals surface area contributed by atoms with E-state index in [1.54, 1.807) is 7.11 Å². The Bertz CT molecular complexity index is 888. The van der Waals surface area contributed by atoms with Crippen molar-refractivity contribution in [3.63, 3.8) is 0 Å². The van der Waals surface area contributed by atoms with E-state index in [9.17, 15) is 9.59 Å². The largest absolute Gasteiger partial charge is 0.497 e. The van der Waals surface area contributed by atoms with Gasteiger partial charge in [0.2, 0.25) is 5.91 Å². The topological polar surface area (TPSA) is 77.7 Å². The number of nitrogens with one attached hydrogen (secondary N) is 2. The van der Waals surface area contributed by atoms with Gasteiger partial charge in [-0.15, -0.1) is 0 Å². The van der Waals surface area contributed by atoms with Crippen LogP contribution < -0.4 is 15.6 Å². The normalized spacial score (nSPS) is 20.9. The number of benzene rings is 1. The van der Waals surface area contributed by atoms with Crippen molar-refractivity contribution in [2.24, 2.45) is 0 Å². The van der Waals surface area contributed by atoms with E-state index in [1.165, 1.54) is 0 Å². The van der Waals surface area contributed by atoms with Crippen LogP contribution in [-0.4, -0.2) is 66.6 Å². The summed E-state index contributed by atoms with van der Waals surface area (Å²) in [4.78, 5) is 32.2. The lowest BCUT2D eigenvalue weighted by Crippen LogP contribution is -2.57. The molecular weight excluding hydrogens is 344 g/mol. The van der Waals surface area contributed by atoms with Crippen LogP contribution in [0.5, 0.6) is 5.75 Å². The number of piperazine rings is 1. The van der Waals surface area contributed by atoms with Crippen molar-refractivity contribution in [3.8, 4) is 5.75 Å². The smallest absolute Gasteiger partial charge is 0.252 e. The molecule has 144 valence electrons. The number of aromatic amines is 1. The quantitative estimate of drug-likeness (QED) is 0.837. The zero-order valence-electron chi connectivity index (χ0n) is 15.7. The van der Waals surface area contributed by atoms with Crippen LogP contribution in [0.3, 0.4) is 0 Å². The highest BCUT2D eigenvalue weighted by Gasteiger charge is 2.30. The third-order valence-electron chi connectivity index (χ3n) is 5.50. The highest BCUT2D eigenvalue weighted by molar-refractivity contribution is 5.82. The Balaban J connectivity index is 1.50. The number of hydrogen-bond acceptors (Lipinski definition) is 5. The molecule has 1 amide bonds. The fourth-order valence-electron chi connectivity index (χ4n) is 3.99. The lowest BCUT2D eigenvalue weighted by atomic mass is 10.1. The van der Waals surface area contributed by atoms with E-state index in [0.29, 0.717) is 18.7 Å². The Morgan fingerprint density at radius 1 is 1.22 bits per heavy atom. The standard InChI is InChI=1S/C20H26N4O3/c1-27-16-4-5-17-14(11-16)10-15(19(25)22-17)12-23-9-6-21-18(13-23)20(26)24-7-2-3-8-24/h4-5,10-11,18,21H,2-3,6-9,12-13H2,1H3,(H,22,25)/t18-/m0/s1. The van der Waals surface area contributed by atoms with Crippen molar-refractivity contribution in [3.05, 3.63) is 40.2 Å². The van der Waals surface area contributed by atoms with Gasteiger partial charge in [-0.2, -0.15) is 0 Å². The lowest BCUT2D eigenvalue weighted by Gasteiger charge is -2.34. The van der Waals surface area contributed by atoms with Gasteiger partial charge in [0.25, 0.3) is 5.56 Å². The van der Waals surface area contributed by atoms with Gasteiger partial charge in [0.15, 0.2) is 0 Å². The second kappa shape index (κ2) is 7.70. The summed E-state index contributed by atoms with van der Waals surface area (Å²) in [5.74, 6) is 0.952. The highest BCUT2D eigenvalue weighted by atomic mass is 16.5. The van der Waals surface area contributed by atoms with Crippen LogP contribution in [0.4, 0.5) is 0 Å². The molecule has 2 fully saturated rings. The summed E-state index contributed by atoms with van der Waals surface area (Å²) in [5, 5.41) is 4.28. The van der Waals surface area contributed by atoms with E-state index >= 15 is 0 Å². The van der Waals surface area contributed by atoms with Gasteiger partial charge in [-0.3, -0.25) is 14.5 Å². The predicted octanol–water partition coefficient (Wildman–Crippen LogP) is 0.933. The van der Waals surface area contributed by atoms with E-state index in [4.69, 9.17) is 4.74 Å². The molecule has 2 aromatic rings. The summed E-state index contributed by atoms with van der Waals surface area (Å²) in [6.45, 7) is 4.47. The van der Waals surface area contributed by atoms with Crippen LogP contribution >= 0.6 is 0 Å². The lowest BCUT2D eigenvalue weighted by molar-refractivity contribution is -0.133. The molecule has 0 unspecified atom stereocenters. The molecule has 7 nitrogen and oxygen atoms in total. The van der Waals surface area contributed by atoms with Gasteiger partial charge in [-0.05, 0) is 37.1 Å². The van der Waals surface area contributed by atoms with Gasteiger partial charge in [-0.25, -0.2) is 0 Å². The van der Waals surface area contributed by atoms with Crippen molar-refractivity contribution in [1.82, 2.24) is 20.1 Å². The van der Waals surface area contributed by atoms with Gasteiger partial charge in [0.05, 0.1) is 13.2 Å². The van der Waals surface area contributed by atoms with Gasteiger partial charge >= 0.3 is 0 Å². The average molecular weight is 370 g/mol. The molecule has 2 saturated heterocycles. The maximum Gasteiger partial charge on any atom is 0.252 e. The Morgan fingerprint density at radius 2 is 2.04 bits per heavy atom. The first-order chi connectivity index (χ1) is 13.1. The maximum absolute atomic E-state index is 12.7. The first-order valence-electron chi connectivity index (χ1n) is 9.58. The number of fused-ring (bicyclic) bond motifs is 1. The minimum atomic E-state index is -0.184. The van der Waals surface area contributed by atoms with Crippen molar-refractivity contribution >= 4 is 16.8 Å². The number of hydrogen-bond donors (Lipinski definition) is 2. The fraction of sp³-hybridized carbons (Fsp3) is 0.500. The number of H-pyrrole nitrogens is 1. The van der Waals surface area contributed by atoms with E-state index in [0.717, 1.165) is 55.7 Å². The Labute approximate surface area is 158 Å². The van der Waals surface area contributed by atoms with Crippen LogP contribution in [0.2, 0.25) is 0 Å². The third-order valence-corrected chi connectivity index (χ3v) is 5.50. The Kier molecular flexibility index (Phi) is 5.13. The zero-order chi connectivity index (χ0) is 18.8. The minimum absolute atomic E-state index is 0.0754. The van der Waals surface area contributed by atoms with E-state index < -0.39 is 0 Å². The summed E-state index contributed by atoms with van der Waals surface area (Å²) in [7, 11) is 1.63. The second-order valence-corrected chi connectivity index (χ2v) is 7.35. The highest BCUT2D eigenvalue weighted by Crippen LogP contribution is 2.19. The van der Waals surface area contributed by atoms with Crippen LogP contribution in [-0.2, 0) is 11.3 Å². The van der Waals surface area contributed by atoms with Gasteiger partial charge in [0, 0.05) is 55.7 Å². The summed E-state index contributed by atoms with van der Waals surface area (Å²) >= 11 is 0. The van der Waals surface area contributed by atoms with E-state index in [1.807, 2.05) is 29.2 Å². The van der Waals surface area contributed by atoms with Crippen molar-refractivity contribution in [2.75, 3.05) is 39.8 Å². The zero-order valence-corrected chi connectivity index (χ0v) is 15.7. The minimum Gasteiger partial charge on any atom is -0.497 e. The summed E-state index contributed by atoms with van der Waals surface area (Å²) in [6.07, 6.45) is 2.19. The van der Waals surface area contributed by atoms with E-state index in [-0.39, 0.29) is 17.5 Å². The van der Waals surface area contributed by atoms with Crippen LogP contribution in [0.1, 0.15) is 18.4 Å². The third kappa shape index (κ3) is 3.84. The molecule has 7 heteroatoms. The van der Waals surface area contributed by atoms with Crippen molar-refractivity contribution < 1.29 is 9.53 Å². The number of carbonyl (C=O) groups is 1. The van der Waals surface area contributed by atoms with Crippen LogP contribution in [0.15, 0.2) is 29.1 Å². The number of nitrogens with zero attached hydrogens (tertiary/aromatic N) is 2. The number of methoxy groups -OCH3 is 1. The number of pyridine rings is 1. The molecule has 3 heterocycles. The molecule has 4 rings (SSSR count). The SMILES string of the molecule is COc1ccc2[nH]c(=O)c(CN3CCN[C@H](C(=O)N4CCCC4)C3)cc2c1. The first kappa shape index (κ1) is 18.0. The van der Waals surface area contributed by atoms with E-state index in [2.05, 4.69) is 15.2 Å². The average Bonchev–Trinajstić information content (AvgIpc) is 3.22. The molecule has 2 aliphatic heterocycles. The van der Waals surface area contributed by atoms with Crippen molar-refractivity contribution in [1.29, 1.82) is 0 Å². The summed E-state index contributed by atoms with van der Waals surface area (Å²) < 4.78 is 5.28. The fourth-order valence-corrected chi connectivity index (χ4v) is 3.99. The molecule has 1 atom stereocenters. The molecule has 27 heavy (non-hydrogen) atoms. The van der Waals surface area contributed by atoms with Gasteiger partial charge in [-0.1, -0.05) is 0 Å². The molecule has 1 aromatic carbocycles. The van der Waals surface area contributed by atoms with Crippen LogP contribution in [0, 0.1) is 0 Å². The molecular formula is C20H26N4O3. The molecule has 0 radical (unpaired) electrons. The number of aromatic nitrogens is 1. The molecule has 0 aliphatic carbocycles. The Hall–Kier alpha value is -2.38. The molecule has 1 aromatic heterocycles. The van der Waals surface area contributed by atoms with Gasteiger partial charge in [0.1, 0.15) is 5.75 Å². The number of ether oxygens (including phenoxy) is 1. The summed E-state index contributed by atoms with van der Waals surface area (Å²) in [6, 6.07) is 7.36. The molecule has 0 spiro atoms. The first-order valence-corrected chi connectivity index (χ1v) is 9.58. The van der Waals surface area contributed by atoms with Crippen LogP contribution in [0.25, 0.3) is 10.9 Å². The molecule has 0 bridgehead atoms. The molecule has 0 saturated carbocycles. The molecule has 2 aliphatic rings. The maximum atomic E-state index is 12.7. The van der Waals surface area contributed by atoms with Crippen molar-refractivity contribution in [2.45, 2.75) is 25.4 Å². The Morgan fingerprint density at radius 3 is 2.81 bits per heavy atom. The number of amides is 1. The monoisotopic (exact) mass is 370 g/mol. The number of likely N-dealkylation sites (tertiary alicyclic amines) is 1.